The van der Waals surface area contributed by atoms with Crippen molar-refractivity contribution < 1.29 is 0 Å². The molecule has 58 heavy (non-hydrogen) atoms. The highest BCUT2D eigenvalue weighted by atomic mass is 32.2. The molecule has 5 heteroatoms. The molecule has 2 aliphatic heterocycles. The Morgan fingerprint density at radius 1 is 0.621 bits per heavy atom. The van der Waals surface area contributed by atoms with Gasteiger partial charge in [-0.3, -0.25) is 0 Å². The normalized spacial score (nSPS) is 20.7. The predicted octanol–water partition coefficient (Wildman–Crippen LogP) is 12.0. The summed E-state index contributed by atoms with van der Waals surface area (Å²) in [5, 5.41) is 13.3. The summed E-state index contributed by atoms with van der Waals surface area (Å²) < 4.78 is 0. The van der Waals surface area contributed by atoms with Crippen molar-refractivity contribution in [1.82, 2.24) is 5.32 Å². The topological polar surface area (TPSA) is 60.5 Å². The van der Waals surface area contributed by atoms with Crippen LogP contribution in [0.1, 0.15) is 58.0 Å². The third-order valence-corrected chi connectivity index (χ3v) is 13.5. The van der Waals surface area contributed by atoms with Gasteiger partial charge in [0.15, 0.2) is 6.17 Å². The molecule has 0 saturated carbocycles. The minimum Gasteiger partial charge on any atom is -0.324 e. The minimum absolute atomic E-state index is 0.271. The molecular weight excluding hydrogens is 725 g/mol. The van der Waals surface area contributed by atoms with Crippen LogP contribution in [0.25, 0.3) is 16.7 Å². The molecular formula is C53H38N4S. The van der Waals surface area contributed by atoms with E-state index in [-0.39, 0.29) is 12.1 Å². The molecule has 11 rings (SSSR count). The van der Waals surface area contributed by atoms with Gasteiger partial charge in [-0.25, -0.2) is 9.98 Å². The van der Waals surface area contributed by atoms with Crippen LogP contribution in [0.4, 0.5) is 0 Å². The van der Waals surface area contributed by atoms with Crippen molar-refractivity contribution in [3.8, 4) is 17.2 Å². The summed E-state index contributed by atoms with van der Waals surface area (Å²) in [4.78, 5) is 12.9. The van der Waals surface area contributed by atoms with Gasteiger partial charge in [0.25, 0.3) is 0 Å². The molecule has 0 fully saturated rings. The number of amidine groups is 2. The van der Waals surface area contributed by atoms with E-state index in [1.807, 2.05) is 54.2 Å². The van der Waals surface area contributed by atoms with Crippen LogP contribution in [0.2, 0.25) is 0 Å². The summed E-state index contributed by atoms with van der Waals surface area (Å²) in [6.07, 6.45) is 12.7. The Morgan fingerprint density at radius 3 is 2.00 bits per heavy atom. The molecule has 0 bridgehead atoms. The van der Waals surface area contributed by atoms with Crippen LogP contribution in [-0.2, 0) is 5.41 Å². The number of hydrogen-bond acceptors (Lipinski definition) is 5. The molecule has 1 spiro atoms. The van der Waals surface area contributed by atoms with Crippen LogP contribution < -0.4 is 5.32 Å². The number of rotatable bonds is 5. The lowest BCUT2D eigenvalue weighted by Crippen LogP contribution is -2.36. The smallest absolute Gasteiger partial charge is 0.169 e. The third kappa shape index (κ3) is 5.51. The maximum absolute atomic E-state index is 9.68. The molecule has 1 N–H and O–H groups in total. The van der Waals surface area contributed by atoms with Gasteiger partial charge in [0, 0.05) is 26.5 Å². The highest BCUT2D eigenvalue weighted by Gasteiger charge is 2.52. The van der Waals surface area contributed by atoms with E-state index in [0.717, 1.165) is 52.3 Å². The van der Waals surface area contributed by atoms with Gasteiger partial charge in [-0.05, 0) is 105 Å². The molecule has 6 aromatic carbocycles. The number of fused-ring (bicyclic) bond motifs is 8. The molecule has 3 atom stereocenters. The zero-order valence-electron chi connectivity index (χ0n) is 31.7. The molecule has 5 aliphatic rings. The number of allylic oxidation sites excluding steroid dienone is 8. The molecule has 6 aromatic rings. The fourth-order valence-electron chi connectivity index (χ4n) is 9.77. The maximum Gasteiger partial charge on any atom is 0.169 e. The largest absolute Gasteiger partial charge is 0.324 e. The van der Waals surface area contributed by atoms with Gasteiger partial charge in [0.1, 0.15) is 11.7 Å². The summed E-state index contributed by atoms with van der Waals surface area (Å²) in [7, 11) is 0. The van der Waals surface area contributed by atoms with E-state index in [4.69, 9.17) is 9.98 Å². The lowest BCUT2D eigenvalue weighted by molar-refractivity contribution is 0.488. The van der Waals surface area contributed by atoms with E-state index in [1.165, 1.54) is 48.8 Å². The summed E-state index contributed by atoms with van der Waals surface area (Å²) >= 11 is 1.88. The Hall–Kier alpha value is -6.74. The number of nitrogens with one attached hydrogen (secondary N) is 1. The molecule has 3 unspecified atom stereocenters. The second-order valence-electron chi connectivity index (χ2n) is 15.5. The highest BCUT2D eigenvalue weighted by molar-refractivity contribution is 7.99. The van der Waals surface area contributed by atoms with Crippen molar-refractivity contribution in [2.75, 3.05) is 0 Å². The Kier molecular flexibility index (Phi) is 8.34. The Labute approximate surface area is 343 Å². The lowest BCUT2D eigenvalue weighted by Gasteiger charge is -2.41. The van der Waals surface area contributed by atoms with Gasteiger partial charge in [-0.2, -0.15) is 5.26 Å². The highest BCUT2D eigenvalue weighted by Crippen LogP contribution is 2.64. The third-order valence-electron chi connectivity index (χ3n) is 12.4. The number of benzene rings is 6. The van der Waals surface area contributed by atoms with E-state index >= 15 is 0 Å². The van der Waals surface area contributed by atoms with E-state index in [9.17, 15) is 5.26 Å². The van der Waals surface area contributed by atoms with Crippen LogP contribution in [-0.4, -0.2) is 11.7 Å². The SMILES string of the molecule is N#CC1=CCC(C2CC=CC3=C2c2cc(-c4cccc(C5=NC(c6ccccc6)N=C(c6ccccc6)N5)c4)ccc2C32c3ccccc3Sc3ccccc32)C=C1. The number of nitrogens with zero attached hydrogens (tertiary/aromatic N) is 3. The summed E-state index contributed by atoms with van der Waals surface area (Å²) in [5.74, 6) is 2.17. The average molecular weight is 763 g/mol. The molecule has 0 aromatic heterocycles. The van der Waals surface area contributed by atoms with Crippen LogP contribution in [0.15, 0.2) is 213 Å². The zero-order chi connectivity index (χ0) is 38.6. The Balaban J connectivity index is 1.07. The quantitative estimate of drug-likeness (QED) is 0.190. The fourth-order valence-corrected chi connectivity index (χ4v) is 11.0. The van der Waals surface area contributed by atoms with Crippen molar-refractivity contribution in [3.05, 3.63) is 232 Å². The summed E-state index contributed by atoms with van der Waals surface area (Å²) in [6.45, 7) is 0. The van der Waals surface area contributed by atoms with E-state index < -0.39 is 5.41 Å². The van der Waals surface area contributed by atoms with E-state index in [2.05, 4.69) is 151 Å². The van der Waals surface area contributed by atoms with Crippen LogP contribution >= 0.6 is 11.8 Å². The van der Waals surface area contributed by atoms with Crippen LogP contribution in [0, 0.1) is 23.2 Å². The molecule has 2 heterocycles. The molecule has 3 aliphatic carbocycles. The molecule has 0 radical (unpaired) electrons. The van der Waals surface area contributed by atoms with Crippen LogP contribution in [0.5, 0.6) is 0 Å². The van der Waals surface area contributed by atoms with E-state index in [0.29, 0.717) is 5.92 Å². The van der Waals surface area contributed by atoms with Crippen LogP contribution in [0.3, 0.4) is 0 Å². The molecule has 4 nitrogen and oxygen atoms in total. The van der Waals surface area contributed by atoms with Crippen molar-refractivity contribution in [2.45, 2.75) is 34.2 Å². The van der Waals surface area contributed by atoms with Gasteiger partial charge < -0.3 is 5.32 Å². The van der Waals surface area contributed by atoms with Gasteiger partial charge in [-0.1, -0.05) is 163 Å². The van der Waals surface area contributed by atoms with Gasteiger partial charge in [0.2, 0.25) is 0 Å². The predicted molar refractivity (Wildman–Crippen MR) is 236 cm³/mol. The molecule has 276 valence electrons. The maximum atomic E-state index is 9.68. The number of hydrogen-bond donors (Lipinski definition) is 1. The number of aliphatic imine (C=N–C) groups is 2. The first kappa shape index (κ1) is 34.5. The van der Waals surface area contributed by atoms with Crippen molar-refractivity contribution in [3.63, 3.8) is 0 Å². The van der Waals surface area contributed by atoms with Crippen molar-refractivity contribution in [1.29, 1.82) is 5.26 Å². The van der Waals surface area contributed by atoms with Crippen molar-refractivity contribution in [2.24, 2.45) is 21.8 Å². The Bertz CT molecular complexity index is 2830. The van der Waals surface area contributed by atoms with Gasteiger partial charge in [0.05, 0.1) is 11.5 Å². The second-order valence-corrected chi connectivity index (χ2v) is 16.6. The monoisotopic (exact) mass is 762 g/mol. The van der Waals surface area contributed by atoms with Gasteiger partial charge in [-0.15, -0.1) is 0 Å². The van der Waals surface area contributed by atoms with E-state index in [1.54, 1.807) is 0 Å². The molecule has 0 saturated heterocycles. The lowest BCUT2D eigenvalue weighted by atomic mass is 9.65. The first-order valence-electron chi connectivity index (χ1n) is 20.0. The van der Waals surface area contributed by atoms with Gasteiger partial charge >= 0.3 is 0 Å². The van der Waals surface area contributed by atoms with Crippen molar-refractivity contribution >= 4 is 29.0 Å². The molecule has 0 amide bonds. The first-order chi connectivity index (χ1) is 28.7. The minimum atomic E-state index is -0.439. The number of nitriles is 1. The average Bonchev–Trinajstić information content (AvgIpc) is 3.59. The summed E-state index contributed by atoms with van der Waals surface area (Å²) in [6, 6.07) is 56.9. The Morgan fingerprint density at radius 2 is 1.28 bits per heavy atom. The fraction of sp³-hybridized carbons (Fsp3) is 0.113. The first-order valence-corrected chi connectivity index (χ1v) is 20.9. The zero-order valence-corrected chi connectivity index (χ0v) is 32.5. The second kappa shape index (κ2) is 14.0. The summed E-state index contributed by atoms with van der Waals surface area (Å²) in [5.41, 5.74) is 13.9. The standard InChI is InChI=1S/C53H38N4S/c54-33-34-25-27-35(28-26-34)41-19-12-22-46-49(41)42-32-39(29-30-43(42)53(46)44-20-7-9-23-47(44)58-48-24-10-8-21-45(48)53)38-17-11-18-40(31-38)52-56-50(36-13-3-1-4-14-36)55-51(57-52)37-15-5-2-6-16-37/h1-18,20-27,29-32,35,41,50H,19,28H2,(H,55,56,57).